The van der Waals surface area contributed by atoms with Crippen LogP contribution in [0.4, 0.5) is 0 Å². The molecule has 1 heterocycles. The van der Waals surface area contributed by atoms with E-state index >= 15 is 0 Å². The molecule has 0 aromatic rings. The second-order valence-electron chi connectivity index (χ2n) is 8.69. The molecule has 0 N–H and O–H groups in total. The van der Waals surface area contributed by atoms with Crippen LogP contribution >= 0.6 is 0 Å². The number of amides is 1. The minimum atomic E-state index is 0.0902. The highest BCUT2D eigenvalue weighted by atomic mass is 16.2. The Kier molecular flexibility index (Phi) is 16.1. The van der Waals surface area contributed by atoms with E-state index in [1.165, 1.54) is 109 Å². The van der Waals surface area contributed by atoms with Gasteiger partial charge in [0, 0.05) is 13.1 Å². The van der Waals surface area contributed by atoms with Crippen LogP contribution < -0.4 is 0 Å². The summed E-state index contributed by atoms with van der Waals surface area (Å²) in [4.78, 5) is 14.0. The maximum atomic E-state index is 12.0. The molecule has 0 aromatic heterocycles. The number of nitrogens with zero attached hydrogens (tertiary/aromatic N) is 1. The first-order chi connectivity index (χ1) is 13.8. The second-order valence-corrected chi connectivity index (χ2v) is 8.69. The molecular formula is C26H47NO. The number of likely N-dealkylation sites (tertiary alicyclic amines) is 1. The van der Waals surface area contributed by atoms with Crippen LogP contribution in [0.15, 0.2) is 25.3 Å². The van der Waals surface area contributed by atoms with Gasteiger partial charge in [-0.15, -0.1) is 13.2 Å². The summed E-state index contributed by atoms with van der Waals surface area (Å²) in [6.07, 6.45) is 28.1. The third-order valence-electron chi connectivity index (χ3n) is 6.21. The van der Waals surface area contributed by atoms with E-state index in [2.05, 4.69) is 13.2 Å². The zero-order chi connectivity index (χ0) is 20.3. The Morgan fingerprint density at radius 1 is 0.714 bits per heavy atom. The molecule has 162 valence electrons. The minimum Gasteiger partial charge on any atom is -0.342 e. The summed E-state index contributed by atoms with van der Waals surface area (Å²) in [7, 11) is 0. The zero-order valence-corrected chi connectivity index (χ0v) is 18.6. The van der Waals surface area contributed by atoms with Crippen molar-refractivity contribution in [3.8, 4) is 0 Å². The molecule has 1 aliphatic heterocycles. The normalized spacial score (nSPS) is 16.6. The highest BCUT2D eigenvalue weighted by Gasteiger charge is 2.28. The van der Waals surface area contributed by atoms with Gasteiger partial charge in [0.25, 0.3) is 0 Å². The van der Waals surface area contributed by atoms with Crippen molar-refractivity contribution in [2.45, 2.75) is 116 Å². The summed E-state index contributed by atoms with van der Waals surface area (Å²) in [6.45, 7) is 9.43. The zero-order valence-electron chi connectivity index (χ0n) is 18.6. The largest absolute Gasteiger partial charge is 0.342 e. The summed E-state index contributed by atoms with van der Waals surface area (Å²) < 4.78 is 0. The number of carbonyl (C=O) groups is 1. The first kappa shape index (κ1) is 25.0. The molecule has 0 bridgehead atoms. The van der Waals surface area contributed by atoms with Crippen molar-refractivity contribution in [2.75, 3.05) is 13.1 Å². The molecule has 1 saturated heterocycles. The maximum Gasteiger partial charge on any atom is 0.229 e. The molecule has 2 heteroatoms. The van der Waals surface area contributed by atoms with Gasteiger partial charge in [0.2, 0.25) is 5.91 Å². The smallest absolute Gasteiger partial charge is 0.229 e. The molecule has 1 unspecified atom stereocenters. The van der Waals surface area contributed by atoms with Gasteiger partial charge < -0.3 is 4.90 Å². The Hall–Kier alpha value is -1.05. The van der Waals surface area contributed by atoms with E-state index in [1.54, 1.807) is 0 Å². The number of carbonyl (C=O) groups excluding carboxylic acids is 1. The summed E-state index contributed by atoms with van der Waals surface area (Å²) in [5.41, 5.74) is 0. The van der Waals surface area contributed by atoms with Gasteiger partial charge in [0.05, 0.1) is 5.92 Å². The molecular weight excluding hydrogens is 342 g/mol. The van der Waals surface area contributed by atoms with Crippen molar-refractivity contribution >= 4 is 5.91 Å². The van der Waals surface area contributed by atoms with Crippen molar-refractivity contribution in [2.24, 2.45) is 5.92 Å². The van der Waals surface area contributed by atoms with E-state index in [9.17, 15) is 4.79 Å². The van der Waals surface area contributed by atoms with Gasteiger partial charge in [-0.3, -0.25) is 4.79 Å². The fraction of sp³-hybridized carbons (Fsp3) is 0.808. The quantitative estimate of drug-likeness (QED) is 0.153. The first-order valence-electron chi connectivity index (χ1n) is 12.3. The molecule has 1 aliphatic rings. The molecule has 1 atom stereocenters. The van der Waals surface area contributed by atoms with Gasteiger partial charge >= 0.3 is 0 Å². The number of hydrogen-bond donors (Lipinski definition) is 0. The van der Waals surface area contributed by atoms with E-state index in [0.29, 0.717) is 5.91 Å². The van der Waals surface area contributed by atoms with Crippen LogP contribution in [-0.4, -0.2) is 23.9 Å². The molecule has 0 saturated carbocycles. The monoisotopic (exact) mass is 389 g/mol. The summed E-state index contributed by atoms with van der Waals surface area (Å²) in [5.74, 6) is 0.394. The lowest BCUT2D eigenvalue weighted by atomic mass is 10.0. The summed E-state index contributed by atoms with van der Waals surface area (Å²) in [5, 5.41) is 0. The van der Waals surface area contributed by atoms with Crippen LogP contribution in [0, 0.1) is 5.92 Å². The SMILES string of the molecule is C=CCCCCCCCCCCCCCCCCCCN1CCC(C=C)C1=O. The number of hydrogen-bond acceptors (Lipinski definition) is 1. The fourth-order valence-electron chi connectivity index (χ4n) is 4.27. The predicted octanol–water partition coefficient (Wildman–Crippen LogP) is 7.84. The molecule has 2 nitrogen and oxygen atoms in total. The van der Waals surface area contributed by atoms with Gasteiger partial charge in [0.1, 0.15) is 0 Å². The lowest BCUT2D eigenvalue weighted by molar-refractivity contribution is -0.129. The van der Waals surface area contributed by atoms with Crippen LogP contribution in [-0.2, 0) is 4.79 Å². The van der Waals surface area contributed by atoms with E-state index < -0.39 is 0 Å². The van der Waals surface area contributed by atoms with Crippen molar-refractivity contribution in [1.29, 1.82) is 0 Å². The molecule has 1 amide bonds. The molecule has 0 aliphatic carbocycles. The maximum absolute atomic E-state index is 12.0. The lowest BCUT2D eigenvalue weighted by Gasteiger charge is -2.15. The molecule has 0 aromatic carbocycles. The van der Waals surface area contributed by atoms with Gasteiger partial charge in [-0.05, 0) is 25.7 Å². The van der Waals surface area contributed by atoms with Crippen LogP contribution in [0.3, 0.4) is 0 Å². The molecule has 1 fully saturated rings. The Morgan fingerprint density at radius 3 is 1.54 bits per heavy atom. The van der Waals surface area contributed by atoms with Gasteiger partial charge in [-0.25, -0.2) is 0 Å². The predicted molar refractivity (Wildman–Crippen MR) is 124 cm³/mol. The number of rotatable bonds is 20. The van der Waals surface area contributed by atoms with E-state index in [-0.39, 0.29) is 5.92 Å². The topological polar surface area (TPSA) is 20.3 Å². The lowest BCUT2D eigenvalue weighted by Crippen LogP contribution is -2.27. The van der Waals surface area contributed by atoms with Crippen LogP contribution in [0.5, 0.6) is 0 Å². The van der Waals surface area contributed by atoms with Crippen molar-refractivity contribution in [3.63, 3.8) is 0 Å². The van der Waals surface area contributed by atoms with Crippen molar-refractivity contribution in [3.05, 3.63) is 25.3 Å². The average molecular weight is 390 g/mol. The summed E-state index contributed by atoms with van der Waals surface area (Å²) >= 11 is 0. The standard InChI is InChI=1S/C26H47NO/c1-3-5-6-7-8-9-10-11-12-13-14-15-16-17-18-19-20-21-23-27-24-22-25(4-2)26(27)28/h3-4,25H,1-2,5-24H2. The van der Waals surface area contributed by atoms with Crippen LogP contribution in [0.25, 0.3) is 0 Å². The highest BCUT2D eigenvalue weighted by molar-refractivity contribution is 5.82. The minimum absolute atomic E-state index is 0.0902. The fourth-order valence-corrected chi connectivity index (χ4v) is 4.27. The number of allylic oxidation sites excluding steroid dienone is 1. The molecule has 0 spiro atoms. The van der Waals surface area contributed by atoms with Crippen molar-refractivity contribution < 1.29 is 4.79 Å². The van der Waals surface area contributed by atoms with Gasteiger partial charge in [-0.1, -0.05) is 102 Å². The van der Waals surface area contributed by atoms with Gasteiger partial charge in [-0.2, -0.15) is 0 Å². The Morgan fingerprint density at radius 2 is 1.14 bits per heavy atom. The van der Waals surface area contributed by atoms with Crippen LogP contribution in [0.1, 0.15) is 116 Å². The van der Waals surface area contributed by atoms with Gasteiger partial charge in [0.15, 0.2) is 0 Å². The Labute approximate surface area is 175 Å². The highest BCUT2D eigenvalue weighted by Crippen LogP contribution is 2.19. The first-order valence-corrected chi connectivity index (χ1v) is 12.3. The molecule has 1 rings (SSSR count). The van der Waals surface area contributed by atoms with E-state index in [0.717, 1.165) is 19.5 Å². The summed E-state index contributed by atoms with van der Waals surface area (Å²) in [6, 6.07) is 0. The van der Waals surface area contributed by atoms with Crippen LogP contribution in [0.2, 0.25) is 0 Å². The van der Waals surface area contributed by atoms with E-state index in [1.807, 2.05) is 17.1 Å². The van der Waals surface area contributed by atoms with E-state index in [4.69, 9.17) is 0 Å². The number of unbranched alkanes of at least 4 members (excludes halogenated alkanes) is 16. The molecule has 28 heavy (non-hydrogen) atoms. The molecule has 0 radical (unpaired) electrons. The second kappa shape index (κ2) is 18.0. The average Bonchev–Trinajstić information content (AvgIpc) is 3.06. The third kappa shape index (κ3) is 12.4. The third-order valence-corrected chi connectivity index (χ3v) is 6.21. The van der Waals surface area contributed by atoms with Crippen molar-refractivity contribution in [1.82, 2.24) is 4.90 Å². The Balaban J connectivity index is 1.73. The Bertz CT molecular complexity index is 403.